The number of carbonyl (C=O) groups is 1. The monoisotopic (exact) mass is 289 g/mol. The third kappa shape index (κ3) is 4.68. The number of hydrogen-bond donors (Lipinski definition) is 2. The summed E-state index contributed by atoms with van der Waals surface area (Å²) >= 11 is 0. The maximum absolute atomic E-state index is 11.5. The summed E-state index contributed by atoms with van der Waals surface area (Å²) in [5.41, 5.74) is 0.880. The third-order valence-electron chi connectivity index (χ3n) is 2.96. The zero-order valence-electron chi connectivity index (χ0n) is 12.0. The first-order valence-electron chi connectivity index (χ1n) is 6.97. The van der Waals surface area contributed by atoms with E-state index in [1.54, 1.807) is 6.92 Å². The molecule has 1 heterocycles. The molecule has 0 saturated carbocycles. The molecule has 0 radical (unpaired) electrons. The van der Waals surface area contributed by atoms with Crippen molar-refractivity contribution in [1.82, 2.24) is 15.5 Å². The number of aliphatic hydroxyl groups excluding tert-OH is 1. The second-order valence-corrected chi connectivity index (χ2v) is 4.87. The SMILES string of the molecule is CC(CO)NC(=O)CCCc1nnc(-c2ccccc2)o1. The van der Waals surface area contributed by atoms with Crippen molar-refractivity contribution >= 4 is 5.91 Å². The molecule has 2 rings (SSSR count). The highest BCUT2D eigenvalue weighted by Gasteiger charge is 2.10. The summed E-state index contributed by atoms with van der Waals surface area (Å²) in [6, 6.07) is 9.33. The highest BCUT2D eigenvalue weighted by Crippen LogP contribution is 2.17. The van der Waals surface area contributed by atoms with Gasteiger partial charge in [0.05, 0.1) is 6.61 Å². The van der Waals surface area contributed by atoms with E-state index < -0.39 is 0 Å². The number of rotatable bonds is 7. The van der Waals surface area contributed by atoms with Gasteiger partial charge in [0, 0.05) is 24.4 Å². The van der Waals surface area contributed by atoms with Crippen molar-refractivity contribution in [2.75, 3.05) is 6.61 Å². The van der Waals surface area contributed by atoms with Crippen LogP contribution in [0.2, 0.25) is 0 Å². The van der Waals surface area contributed by atoms with Crippen LogP contribution in [0.1, 0.15) is 25.7 Å². The lowest BCUT2D eigenvalue weighted by molar-refractivity contribution is -0.122. The van der Waals surface area contributed by atoms with Crippen LogP contribution >= 0.6 is 0 Å². The number of amides is 1. The Labute approximate surface area is 123 Å². The van der Waals surface area contributed by atoms with E-state index in [0.717, 1.165) is 5.56 Å². The Hall–Kier alpha value is -2.21. The van der Waals surface area contributed by atoms with E-state index in [1.807, 2.05) is 30.3 Å². The van der Waals surface area contributed by atoms with Gasteiger partial charge in [0.1, 0.15) is 0 Å². The smallest absolute Gasteiger partial charge is 0.247 e. The van der Waals surface area contributed by atoms with Crippen molar-refractivity contribution in [3.05, 3.63) is 36.2 Å². The molecule has 2 N–H and O–H groups in total. The first-order valence-corrected chi connectivity index (χ1v) is 6.97. The zero-order valence-corrected chi connectivity index (χ0v) is 12.0. The molecule has 1 unspecified atom stereocenters. The summed E-state index contributed by atoms with van der Waals surface area (Å²) in [6.07, 6.45) is 1.55. The maximum Gasteiger partial charge on any atom is 0.247 e. The summed E-state index contributed by atoms with van der Waals surface area (Å²) < 4.78 is 5.56. The minimum Gasteiger partial charge on any atom is -0.421 e. The molecule has 0 bridgehead atoms. The van der Waals surface area contributed by atoms with Gasteiger partial charge in [-0.05, 0) is 25.5 Å². The van der Waals surface area contributed by atoms with E-state index in [9.17, 15) is 4.79 Å². The van der Waals surface area contributed by atoms with Gasteiger partial charge in [-0.25, -0.2) is 0 Å². The fraction of sp³-hybridized carbons (Fsp3) is 0.400. The van der Waals surface area contributed by atoms with Gasteiger partial charge in [-0.15, -0.1) is 10.2 Å². The molecule has 0 aliphatic heterocycles. The highest BCUT2D eigenvalue weighted by atomic mass is 16.4. The minimum absolute atomic E-state index is 0.0597. The average Bonchev–Trinajstić information content (AvgIpc) is 2.97. The second kappa shape index (κ2) is 7.54. The number of nitrogens with one attached hydrogen (secondary N) is 1. The molecular weight excluding hydrogens is 270 g/mol. The lowest BCUT2D eigenvalue weighted by Crippen LogP contribution is -2.34. The Morgan fingerprint density at radius 1 is 1.33 bits per heavy atom. The number of carbonyl (C=O) groups excluding carboxylic acids is 1. The molecule has 1 aromatic carbocycles. The molecule has 21 heavy (non-hydrogen) atoms. The molecule has 0 saturated heterocycles. The Balaban J connectivity index is 1.80. The van der Waals surface area contributed by atoms with Crippen molar-refractivity contribution < 1.29 is 14.3 Å². The number of nitrogens with zero attached hydrogens (tertiary/aromatic N) is 2. The molecule has 6 nitrogen and oxygen atoms in total. The quantitative estimate of drug-likeness (QED) is 0.807. The van der Waals surface area contributed by atoms with Gasteiger partial charge in [0.15, 0.2) is 0 Å². The molecule has 1 atom stereocenters. The van der Waals surface area contributed by atoms with Gasteiger partial charge in [0.25, 0.3) is 0 Å². The van der Waals surface area contributed by atoms with Crippen molar-refractivity contribution in [2.24, 2.45) is 0 Å². The predicted molar refractivity (Wildman–Crippen MR) is 77.4 cm³/mol. The molecule has 2 aromatic rings. The van der Waals surface area contributed by atoms with E-state index >= 15 is 0 Å². The van der Waals surface area contributed by atoms with Crippen LogP contribution in [0.25, 0.3) is 11.5 Å². The molecule has 1 aromatic heterocycles. The van der Waals surface area contributed by atoms with Gasteiger partial charge in [-0.3, -0.25) is 4.79 Å². The number of aryl methyl sites for hydroxylation is 1. The molecule has 6 heteroatoms. The minimum atomic E-state index is -0.217. The lowest BCUT2D eigenvalue weighted by Gasteiger charge is -2.09. The highest BCUT2D eigenvalue weighted by molar-refractivity contribution is 5.76. The van der Waals surface area contributed by atoms with Crippen LogP contribution < -0.4 is 5.32 Å². The molecule has 0 spiro atoms. The van der Waals surface area contributed by atoms with Crippen LogP contribution in [0.15, 0.2) is 34.7 Å². The third-order valence-corrected chi connectivity index (χ3v) is 2.96. The fourth-order valence-electron chi connectivity index (χ4n) is 1.84. The van der Waals surface area contributed by atoms with Crippen LogP contribution in [0, 0.1) is 0 Å². The van der Waals surface area contributed by atoms with Crippen molar-refractivity contribution in [1.29, 1.82) is 0 Å². The normalized spacial score (nSPS) is 12.1. The molecule has 0 aliphatic carbocycles. The maximum atomic E-state index is 11.5. The van der Waals surface area contributed by atoms with E-state index in [4.69, 9.17) is 9.52 Å². The summed E-state index contributed by atoms with van der Waals surface area (Å²) in [5, 5.41) is 19.5. The Morgan fingerprint density at radius 2 is 2.10 bits per heavy atom. The fourth-order valence-corrected chi connectivity index (χ4v) is 1.84. The molecule has 0 fully saturated rings. The van der Waals surface area contributed by atoms with E-state index in [0.29, 0.717) is 31.0 Å². The molecule has 1 amide bonds. The Bertz CT molecular complexity index is 569. The first kappa shape index (κ1) is 15.2. The molecule has 112 valence electrons. The van der Waals surface area contributed by atoms with E-state index in [1.165, 1.54) is 0 Å². The summed E-state index contributed by atoms with van der Waals surface area (Å²) in [4.78, 5) is 11.5. The van der Waals surface area contributed by atoms with Gasteiger partial charge >= 0.3 is 0 Å². The number of benzene rings is 1. The van der Waals surface area contributed by atoms with E-state index in [2.05, 4.69) is 15.5 Å². The average molecular weight is 289 g/mol. The molecular formula is C15H19N3O3. The van der Waals surface area contributed by atoms with Gasteiger partial charge < -0.3 is 14.8 Å². The van der Waals surface area contributed by atoms with Gasteiger partial charge in [-0.2, -0.15) is 0 Å². The summed E-state index contributed by atoms with van der Waals surface area (Å²) in [6.45, 7) is 1.69. The lowest BCUT2D eigenvalue weighted by atomic mass is 10.2. The van der Waals surface area contributed by atoms with Crippen LogP contribution in [0.5, 0.6) is 0 Å². The van der Waals surface area contributed by atoms with Gasteiger partial charge in [-0.1, -0.05) is 18.2 Å². The number of hydrogen-bond acceptors (Lipinski definition) is 5. The largest absolute Gasteiger partial charge is 0.421 e. The first-order chi connectivity index (χ1) is 10.2. The van der Waals surface area contributed by atoms with Crippen LogP contribution in [0.3, 0.4) is 0 Å². The summed E-state index contributed by atoms with van der Waals surface area (Å²) in [7, 11) is 0. The van der Waals surface area contributed by atoms with Crippen LogP contribution in [0.4, 0.5) is 0 Å². The number of aromatic nitrogens is 2. The number of aliphatic hydroxyl groups is 1. The molecule has 0 aliphatic rings. The summed E-state index contributed by atoms with van der Waals surface area (Å²) in [5.74, 6) is 0.931. The van der Waals surface area contributed by atoms with Crippen molar-refractivity contribution in [2.45, 2.75) is 32.2 Å². The zero-order chi connectivity index (χ0) is 15.1. The Morgan fingerprint density at radius 3 is 2.81 bits per heavy atom. The van der Waals surface area contributed by atoms with Crippen LogP contribution in [-0.4, -0.2) is 33.9 Å². The predicted octanol–water partition coefficient (Wildman–Crippen LogP) is 1.56. The van der Waals surface area contributed by atoms with E-state index in [-0.39, 0.29) is 18.6 Å². The standard InChI is InChI=1S/C15H19N3O3/c1-11(10-19)16-13(20)8-5-9-14-17-18-15(21-14)12-6-3-2-4-7-12/h2-4,6-7,11,19H,5,8-10H2,1H3,(H,16,20). The van der Waals surface area contributed by atoms with Gasteiger partial charge in [0.2, 0.25) is 17.7 Å². The van der Waals surface area contributed by atoms with Crippen LogP contribution in [-0.2, 0) is 11.2 Å². The topological polar surface area (TPSA) is 88.2 Å². The van der Waals surface area contributed by atoms with Crippen molar-refractivity contribution in [3.63, 3.8) is 0 Å². The van der Waals surface area contributed by atoms with Crippen molar-refractivity contribution in [3.8, 4) is 11.5 Å². The second-order valence-electron chi connectivity index (χ2n) is 4.87. The Kier molecular flexibility index (Phi) is 5.45.